The van der Waals surface area contributed by atoms with Crippen molar-refractivity contribution in [3.8, 4) is 0 Å². The number of nitrogens with one attached hydrogen (secondary N) is 2. The highest BCUT2D eigenvalue weighted by molar-refractivity contribution is 6.66. The van der Waals surface area contributed by atoms with Crippen molar-refractivity contribution in [2.75, 3.05) is 43.6 Å². The summed E-state index contributed by atoms with van der Waals surface area (Å²) in [5.74, 6) is 3.23. The Balaban J connectivity index is 0.000000387. The summed E-state index contributed by atoms with van der Waals surface area (Å²) >= 11 is 17.4. The van der Waals surface area contributed by atoms with Gasteiger partial charge in [0.1, 0.15) is 0 Å². The molecule has 0 radical (unpaired) electrons. The monoisotopic (exact) mass is 441 g/mol. The molecule has 27 heavy (non-hydrogen) atoms. The van der Waals surface area contributed by atoms with Gasteiger partial charge in [-0.3, -0.25) is 5.43 Å². The van der Waals surface area contributed by atoms with Crippen molar-refractivity contribution in [2.45, 2.75) is 3.79 Å². The first kappa shape index (κ1) is 23.1. The molecule has 1 saturated heterocycles. The van der Waals surface area contributed by atoms with Crippen molar-refractivity contribution < 1.29 is 24.7 Å². The molecule has 5 N–H and O–H groups in total. The van der Waals surface area contributed by atoms with E-state index >= 15 is 0 Å². The van der Waals surface area contributed by atoms with Gasteiger partial charge in [-0.25, -0.2) is 10.6 Å². The first-order valence-corrected chi connectivity index (χ1v) is 8.64. The Labute approximate surface area is 169 Å². The van der Waals surface area contributed by atoms with Crippen LogP contribution in [0.25, 0.3) is 0 Å². The lowest BCUT2D eigenvalue weighted by molar-refractivity contribution is -0.880. The van der Waals surface area contributed by atoms with Crippen LogP contribution >= 0.6 is 34.8 Å². The number of carbonyl (C=O) groups excluding carboxylic acids is 1. The molecule has 1 aromatic heterocycles. The Morgan fingerprint density at radius 2 is 1.85 bits per heavy atom. The molecule has 1 aliphatic heterocycles. The Morgan fingerprint density at radius 1 is 1.26 bits per heavy atom. The Kier molecular flexibility index (Phi) is 8.93. The van der Waals surface area contributed by atoms with Crippen LogP contribution in [-0.2, 0) is 13.4 Å². The van der Waals surface area contributed by atoms with E-state index in [4.69, 9.17) is 45.8 Å². The minimum absolute atomic E-state index is 0.0572. The second-order valence-corrected chi connectivity index (χ2v) is 7.64. The zero-order valence-corrected chi connectivity index (χ0v) is 16.4. The molecule has 1 fully saturated rings. The lowest BCUT2D eigenvalue weighted by atomic mass is 10.3. The average molecular weight is 443 g/mol. The number of quaternary nitrogens is 1. The lowest BCUT2D eigenvalue weighted by Gasteiger charge is -2.30. The number of rotatable bonds is 4. The molecule has 0 unspecified atom stereocenters. The van der Waals surface area contributed by atoms with Crippen LogP contribution < -0.4 is 26.2 Å². The fraction of sp³-hybridized carbons (Fsp3) is 0.462. The number of aromatic nitrogens is 3. The van der Waals surface area contributed by atoms with Crippen molar-refractivity contribution >= 4 is 58.6 Å². The molecular weight excluding hydrogens is 425 g/mol. The third-order valence-corrected chi connectivity index (χ3v) is 3.78. The van der Waals surface area contributed by atoms with Crippen LogP contribution in [0.15, 0.2) is 12.2 Å². The number of hydrazine groups is 1. The third-order valence-electron chi connectivity index (χ3n) is 3.27. The smallest absolute Gasteiger partial charge is 0.328 e. The molecule has 0 bridgehead atoms. The van der Waals surface area contributed by atoms with Crippen LogP contribution in [0.1, 0.15) is 5.82 Å². The molecule has 150 valence electrons. The number of hydrogen-bond donors (Lipinski definition) is 4. The van der Waals surface area contributed by atoms with E-state index in [1.165, 1.54) is 4.90 Å². The Hall–Kier alpha value is -1.92. The number of carbonyl (C=O) groups is 2. The molecule has 1 aliphatic rings. The highest BCUT2D eigenvalue weighted by Crippen LogP contribution is 2.36. The van der Waals surface area contributed by atoms with Crippen LogP contribution in [0.4, 0.5) is 11.9 Å². The summed E-state index contributed by atoms with van der Waals surface area (Å²) in [4.78, 5) is 34.8. The number of hydrogen-bond acceptors (Lipinski definition) is 9. The molecule has 14 heteroatoms. The Morgan fingerprint density at radius 3 is 2.26 bits per heavy atom. The van der Waals surface area contributed by atoms with E-state index < -0.39 is 15.7 Å². The van der Waals surface area contributed by atoms with Gasteiger partial charge in [0, 0.05) is 6.08 Å². The number of nitrogen functional groups attached to an aromatic ring is 1. The van der Waals surface area contributed by atoms with Crippen molar-refractivity contribution in [3.63, 3.8) is 0 Å². The summed E-state index contributed by atoms with van der Waals surface area (Å²) in [7, 11) is 2.14. The quantitative estimate of drug-likeness (QED) is 0.172. The number of aliphatic carboxylic acids is 2. The van der Waals surface area contributed by atoms with Crippen molar-refractivity contribution in [3.05, 3.63) is 18.0 Å². The van der Waals surface area contributed by atoms with E-state index in [1.807, 2.05) is 4.90 Å². The first-order valence-electron chi connectivity index (χ1n) is 7.51. The van der Waals surface area contributed by atoms with Gasteiger partial charge in [0.15, 0.2) is 5.82 Å². The second-order valence-electron chi connectivity index (χ2n) is 5.36. The van der Waals surface area contributed by atoms with E-state index in [9.17, 15) is 14.7 Å². The van der Waals surface area contributed by atoms with E-state index in [0.717, 1.165) is 26.2 Å². The summed E-state index contributed by atoms with van der Waals surface area (Å²) in [6, 6.07) is 0. The first-order chi connectivity index (χ1) is 12.5. The highest BCUT2D eigenvalue weighted by Gasteiger charge is 2.30. The topological polar surface area (TPSA) is 162 Å². The van der Waals surface area contributed by atoms with Crippen LogP contribution in [-0.4, -0.2) is 65.2 Å². The summed E-state index contributed by atoms with van der Waals surface area (Å²) in [6.07, 6.45) is 0.942. The molecule has 0 spiro atoms. The molecule has 0 amide bonds. The van der Waals surface area contributed by atoms with E-state index in [2.05, 4.69) is 27.4 Å². The van der Waals surface area contributed by atoms with Crippen LogP contribution in [0, 0.1) is 0 Å². The molecular formula is C13H18Cl3N7O4. The van der Waals surface area contributed by atoms with Gasteiger partial charge >= 0.3 is 5.97 Å². The second kappa shape index (κ2) is 10.4. The van der Waals surface area contributed by atoms with E-state index in [-0.39, 0.29) is 11.8 Å². The van der Waals surface area contributed by atoms with Gasteiger partial charge in [-0.1, -0.05) is 34.8 Å². The molecule has 0 saturated carbocycles. The predicted molar refractivity (Wildman–Crippen MR) is 97.5 cm³/mol. The number of likely N-dealkylation sites (N-methyl/N-ethyl adjacent to an activating group) is 1. The predicted octanol–water partition coefficient (Wildman–Crippen LogP) is -2.30. The van der Waals surface area contributed by atoms with Crippen LogP contribution in [0.5, 0.6) is 0 Å². The molecule has 11 nitrogen and oxygen atoms in total. The van der Waals surface area contributed by atoms with Gasteiger partial charge in [-0.05, 0) is 6.08 Å². The molecule has 0 aliphatic carbocycles. The number of carboxylic acids is 2. The molecule has 0 aromatic carbocycles. The maximum atomic E-state index is 9.53. The summed E-state index contributed by atoms with van der Waals surface area (Å²) < 4.78 is -1.71. The molecule has 1 aromatic rings. The Bertz CT molecular complexity index is 675. The minimum Gasteiger partial charge on any atom is -0.545 e. The van der Waals surface area contributed by atoms with Crippen molar-refractivity contribution in [1.82, 2.24) is 15.0 Å². The van der Waals surface area contributed by atoms with E-state index in [0.29, 0.717) is 18.1 Å². The zero-order valence-electron chi connectivity index (χ0n) is 14.2. The number of anilines is 2. The van der Waals surface area contributed by atoms with E-state index in [1.54, 1.807) is 0 Å². The van der Waals surface area contributed by atoms with Crippen molar-refractivity contribution in [1.29, 1.82) is 0 Å². The fourth-order valence-electron chi connectivity index (χ4n) is 1.93. The fourth-order valence-corrected chi connectivity index (χ4v) is 2.18. The molecule has 0 atom stereocenters. The summed E-state index contributed by atoms with van der Waals surface area (Å²) in [6.45, 7) is 3.67. The highest BCUT2D eigenvalue weighted by atomic mass is 35.6. The molecule has 2 rings (SSSR count). The standard InChI is InChI=1S/C9H14Cl3N7.C4H4O4/c1-18-2-4-19(5-3-18)8-15-6(9(10,11)12)14-7(16-8)17-13;5-3(6)1-2-4(7)8/h2-5,13H2,1H3,(H,14,15,16,17);1-2H,(H,5,6)(H,7,8)/b;2-1+. The number of nitrogens with zero attached hydrogens (tertiary/aromatic N) is 4. The van der Waals surface area contributed by atoms with Gasteiger partial charge in [0.2, 0.25) is 15.7 Å². The average Bonchev–Trinajstić information content (AvgIpc) is 2.60. The largest absolute Gasteiger partial charge is 0.545 e. The summed E-state index contributed by atoms with van der Waals surface area (Å²) in [5, 5.41) is 17.2. The maximum Gasteiger partial charge on any atom is 0.328 e. The van der Waals surface area contributed by atoms with Crippen molar-refractivity contribution in [2.24, 2.45) is 5.84 Å². The number of nitrogens with two attached hydrogens (primary N) is 1. The van der Waals surface area contributed by atoms with Crippen LogP contribution in [0.2, 0.25) is 0 Å². The SMILES string of the molecule is C[NH+]1CCN(c2nc(NN)nc(C(Cl)(Cl)Cl)n2)CC1.O=C([O-])/C=C/C(=O)O. The number of carboxylic acid groups (broad SMARTS) is 2. The number of piperazine rings is 1. The van der Waals surface area contributed by atoms with Crippen LogP contribution in [0.3, 0.4) is 0 Å². The normalized spacial score (nSPS) is 15.2. The number of alkyl halides is 3. The number of halogens is 3. The maximum absolute atomic E-state index is 9.53. The lowest BCUT2D eigenvalue weighted by Crippen LogP contribution is -3.12. The molecule has 2 heterocycles. The minimum atomic E-state index is -1.71. The van der Waals surface area contributed by atoms with Gasteiger partial charge in [0.25, 0.3) is 0 Å². The van der Waals surface area contributed by atoms with Gasteiger partial charge in [-0.15, -0.1) is 0 Å². The van der Waals surface area contributed by atoms with Gasteiger partial charge in [0.05, 0.1) is 39.2 Å². The van der Waals surface area contributed by atoms with Gasteiger partial charge in [-0.2, -0.15) is 15.0 Å². The summed E-state index contributed by atoms with van der Waals surface area (Å²) in [5.41, 5.74) is 2.36. The van der Waals surface area contributed by atoms with Gasteiger partial charge < -0.3 is 24.8 Å². The third kappa shape index (κ3) is 8.54. The zero-order chi connectivity index (χ0) is 20.6.